The highest BCUT2D eigenvalue weighted by atomic mass is 127. The second kappa shape index (κ2) is 0.491. The van der Waals surface area contributed by atoms with Crippen molar-refractivity contribution in [1.82, 2.24) is 0 Å². The van der Waals surface area contributed by atoms with Gasteiger partial charge in [-0.2, -0.15) is 0 Å². The van der Waals surface area contributed by atoms with Crippen molar-refractivity contribution in [2.24, 2.45) is 5.92 Å². The molecule has 5 heavy (non-hydrogen) atoms. The SMILES string of the molecule is IC1C2=C[C@@H]21. The smallest absolute Gasteiger partial charge is 0.0425 e. The number of allylic oxidation sites excluding steroid dienone is 2. The zero-order valence-electron chi connectivity index (χ0n) is 2.61. The van der Waals surface area contributed by atoms with Crippen molar-refractivity contribution in [2.45, 2.75) is 3.92 Å². The lowest BCUT2D eigenvalue weighted by Gasteiger charge is -1.70. The standard InChI is InChI=1S/C4H3I/c5-4-2-1-3(2)4/h1-2,4H/t2-,4?/m0/s1. The Kier molecular flexibility index (Phi) is 0.256. The molecule has 0 saturated heterocycles. The van der Waals surface area contributed by atoms with Gasteiger partial charge in [-0.05, 0) is 0 Å². The third-order valence-corrected chi connectivity index (χ3v) is 2.67. The van der Waals surface area contributed by atoms with Gasteiger partial charge in [-0.1, -0.05) is 34.2 Å². The first-order chi connectivity index (χ1) is 2.39. The molecular formula is C4H3I. The molecule has 2 aliphatic carbocycles. The van der Waals surface area contributed by atoms with Gasteiger partial charge in [-0.25, -0.2) is 0 Å². The fourth-order valence-electron chi connectivity index (χ4n) is 0.485. The predicted molar refractivity (Wildman–Crippen MR) is 29.4 cm³/mol. The fourth-order valence-corrected chi connectivity index (χ4v) is 1.52. The van der Waals surface area contributed by atoms with E-state index in [4.69, 9.17) is 0 Å². The summed E-state index contributed by atoms with van der Waals surface area (Å²) in [6, 6.07) is 0. The molecule has 0 bridgehead atoms. The highest BCUT2D eigenvalue weighted by Gasteiger charge is 2.51. The zero-order chi connectivity index (χ0) is 3.44. The Labute approximate surface area is 44.4 Å². The van der Waals surface area contributed by atoms with E-state index in [1.54, 1.807) is 5.57 Å². The van der Waals surface area contributed by atoms with Gasteiger partial charge in [0.15, 0.2) is 0 Å². The Hall–Kier alpha value is 0.470. The molecule has 2 atom stereocenters. The first-order valence-electron chi connectivity index (χ1n) is 1.75. The lowest BCUT2D eigenvalue weighted by Crippen LogP contribution is -1.66. The van der Waals surface area contributed by atoms with Crippen LogP contribution in [0.4, 0.5) is 0 Å². The van der Waals surface area contributed by atoms with E-state index in [0.717, 1.165) is 9.84 Å². The quantitative estimate of drug-likeness (QED) is 0.298. The zero-order valence-corrected chi connectivity index (χ0v) is 4.77. The third kappa shape index (κ3) is 0.175. The van der Waals surface area contributed by atoms with Crippen molar-refractivity contribution in [2.75, 3.05) is 0 Å². The molecule has 1 saturated carbocycles. The summed E-state index contributed by atoms with van der Waals surface area (Å²) in [5.41, 5.74) is 1.70. The van der Waals surface area contributed by atoms with Crippen LogP contribution in [-0.2, 0) is 0 Å². The molecule has 0 N–H and O–H groups in total. The summed E-state index contributed by atoms with van der Waals surface area (Å²) in [4.78, 5) is 0. The van der Waals surface area contributed by atoms with Gasteiger partial charge >= 0.3 is 0 Å². The largest absolute Gasteiger partial charge is 0.0768 e. The minimum Gasteiger partial charge on any atom is -0.0768 e. The Morgan fingerprint density at radius 1 is 1.80 bits per heavy atom. The Morgan fingerprint density at radius 3 is 2.20 bits per heavy atom. The van der Waals surface area contributed by atoms with Gasteiger partial charge in [-0.15, -0.1) is 0 Å². The molecule has 0 nitrogen and oxygen atoms in total. The average molecular weight is 178 g/mol. The molecule has 0 radical (unpaired) electrons. The molecule has 0 aromatic carbocycles. The lowest BCUT2D eigenvalue weighted by molar-refractivity contribution is 1.27. The van der Waals surface area contributed by atoms with Crippen LogP contribution in [0.1, 0.15) is 0 Å². The van der Waals surface area contributed by atoms with E-state index in [1.165, 1.54) is 0 Å². The maximum Gasteiger partial charge on any atom is 0.0425 e. The molecule has 0 amide bonds. The van der Waals surface area contributed by atoms with Crippen LogP contribution in [-0.4, -0.2) is 3.92 Å². The van der Waals surface area contributed by atoms with Crippen molar-refractivity contribution in [3.8, 4) is 0 Å². The second-order valence-electron chi connectivity index (χ2n) is 1.59. The molecule has 26 valence electrons. The number of halogens is 1. The van der Waals surface area contributed by atoms with Crippen LogP contribution in [0.5, 0.6) is 0 Å². The number of hydrogen-bond donors (Lipinski definition) is 0. The van der Waals surface area contributed by atoms with Gasteiger partial charge in [-0.3, -0.25) is 0 Å². The van der Waals surface area contributed by atoms with Crippen molar-refractivity contribution in [3.05, 3.63) is 11.6 Å². The maximum atomic E-state index is 2.46. The summed E-state index contributed by atoms with van der Waals surface area (Å²) in [7, 11) is 0. The molecule has 1 fully saturated rings. The lowest BCUT2D eigenvalue weighted by atomic mass is 10.6. The molecule has 1 unspecified atom stereocenters. The van der Waals surface area contributed by atoms with Crippen LogP contribution in [0, 0.1) is 5.92 Å². The summed E-state index contributed by atoms with van der Waals surface area (Å²) in [6.45, 7) is 0. The van der Waals surface area contributed by atoms with Gasteiger partial charge in [0.05, 0.1) is 0 Å². The van der Waals surface area contributed by atoms with Crippen LogP contribution in [0.2, 0.25) is 0 Å². The van der Waals surface area contributed by atoms with Crippen LogP contribution in [0.15, 0.2) is 11.6 Å². The molecule has 0 aromatic rings. The molecular weight excluding hydrogens is 175 g/mol. The first kappa shape index (κ1) is 2.61. The van der Waals surface area contributed by atoms with Crippen LogP contribution < -0.4 is 0 Å². The first-order valence-corrected chi connectivity index (χ1v) is 3.00. The van der Waals surface area contributed by atoms with Crippen molar-refractivity contribution in [1.29, 1.82) is 0 Å². The van der Waals surface area contributed by atoms with Gasteiger partial charge < -0.3 is 0 Å². The molecule has 0 heterocycles. The summed E-state index contributed by atoms with van der Waals surface area (Å²) >= 11 is 2.46. The minimum atomic E-state index is 0.979. The van der Waals surface area contributed by atoms with Crippen LogP contribution in [0.25, 0.3) is 0 Å². The average Bonchev–Trinajstić information content (AvgIpc) is 2.11. The van der Waals surface area contributed by atoms with E-state index in [9.17, 15) is 0 Å². The van der Waals surface area contributed by atoms with E-state index in [-0.39, 0.29) is 0 Å². The summed E-state index contributed by atoms with van der Waals surface area (Å²) in [6.07, 6.45) is 2.32. The van der Waals surface area contributed by atoms with Crippen molar-refractivity contribution < 1.29 is 0 Å². The highest BCUT2D eigenvalue weighted by Crippen LogP contribution is 2.59. The molecule has 2 rings (SSSR count). The summed E-state index contributed by atoms with van der Waals surface area (Å²) in [5.74, 6) is 0.996. The van der Waals surface area contributed by atoms with Crippen LogP contribution in [0.3, 0.4) is 0 Å². The van der Waals surface area contributed by atoms with Gasteiger partial charge in [0, 0.05) is 9.84 Å². The van der Waals surface area contributed by atoms with E-state index in [2.05, 4.69) is 28.7 Å². The number of fused-ring (bicyclic) bond motifs is 1. The minimum absolute atomic E-state index is 0.979. The van der Waals surface area contributed by atoms with Gasteiger partial charge in [0.25, 0.3) is 0 Å². The molecule has 1 heteroatoms. The molecule has 0 spiro atoms. The Morgan fingerprint density at radius 2 is 2.20 bits per heavy atom. The van der Waals surface area contributed by atoms with Gasteiger partial charge in [0.2, 0.25) is 0 Å². The van der Waals surface area contributed by atoms with E-state index in [1.807, 2.05) is 0 Å². The van der Waals surface area contributed by atoms with Gasteiger partial charge in [0.1, 0.15) is 0 Å². The topological polar surface area (TPSA) is 0 Å². The Balaban J connectivity index is 2.42. The second-order valence-corrected chi connectivity index (χ2v) is 2.94. The predicted octanol–water partition coefficient (Wildman–Crippen LogP) is 1.36. The van der Waals surface area contributed by atoms with E-state index in [0.29, 0.717) is 0 Å². The van der Waals surface area contributed by atoms with E-state index < -0.39 is 0 Å². The normalized spacial score (nSPS) is 54.2. The number of rotatable bonds is 0. The third-order valence-electron chi connectivity index (χ3n) is 1.17. The maximum absolute atomic E-state index is 2.46. The summed E-state index contributed by atoms with van der Waals surface area (Å²) in [5, 5.41) is 0. The van der Waals surface area contributed by atoms with Crippen molar-refractivity contribution in [3.63, 3.8) is 0 Å². The molecule has 2 aliphatic rings. The van der Waals surface area contributed by atoms with Crippen LogP contribution >= 0.6 is 22.6 Å². The molecule has 0 aromatic heterocycles. The number of hydrogen-bond acceptors (Lipinski definition) is 0. The Bertz CT molecular complexity index is 104. The summed E-state index contributed by atoms with van der Waals surface area (Å²) < 4.78 is 0.979. The number of alkyl halides is 1. The molecule has 0 aliphatic heterocycles. The monoisotopic (exact) mass is 178 g/mol. The highest BCUT2D eigenvalue weighted by molar-refractivity contribution is 14.1. The van der Waals surface area contributed by atoms with E-state index >= 15 is 0 Å². The van der Waals surface area contributed by atoms with Crippen molar-refractivity contribution >= 4 is 22.6 Å². The fraction of sp³-hybridized carbons (Fsp3) is 0.500.